The number of piperazine rings is 1. The fourth-order valence-electron chi connectivity index (χ4n) is 1.98. The number of aliphatic hydroxyl groups excluding tert-OH is 1. The normalized spacial score (nSPS) is 20.8. The fourth-order valence-corrected chi connectivity index (χ4v) is 1.98. The summed E-state index contributed by atoms with van der Waals surface area (Å²) in [4.78, 5) is 3.16. The van der Waals surface area contributed by atoms with Gasteiger partial charge in [-0.15, -0.1) is 0 Å². The number of aliphatic hydroxyl groups is 1. The van der Waals surface area contributed by atoms with Gasteiger partial charge in [0, 0.05) is 39.3 Å². The molecule has 1 fully saturated rings. The Morgan fingerprint density at radius 3 is 2.47 bits per heavy atom. The van der Waals surface area contributed by atoms with Crippen LogP contribution in [-0.4, -0.2) is 80.0 Å². The molecule has 0 amide bonds. The second-order valence-corrected chi connectivity index (χ2v) is 4.52. The van der Waals surface area contributed by atoms with Crippen LogP contribution in [0.1, 0.15) is 0 Å². The first-order chi connectivity index (χ1) is 7.87. The van der Waals surface area contributed by atoms with E-state index in [1.165, 1.54) is 7.05 Å². The van der Waals surface area contributed by atoms with Crippen LogP contribution < -0.4 is 5.32 Å². The molecule has 4 nitrogen and oxygen atoms in total. The SMILES string of the molecule is CN(CC(O)CN1CCNCC1)CC(F)(F)F. The molecular formula is C10H20F3N3O. The summed E-state index contributed by atoms with van der Waals surface area (Å²) in [6, 6.07) is 0. The Morgan fingerprint density at radius 1 is 1.35 bits per heavy atom. The molecule has 0 aromatic carbocycles. The van der Waals surface area contributed by atoms with Gasteiger partial charge in [-0.05, 0) is 7.05 Å². The predicted molar refractivity (Wildman–Crippen MR) is 58.9 cm³/mol. The van der Waals surface area contributed by atoms with Gasteiger partial charge in [-0.3, -0.25) is 9.80 Å². The summed E-state index contributed by atoms with van der Waals surface area (Å²) >= 11 is 0. The highest BCUT2D eigenvalue weighted by atomic mass is 19.4. The Balaban J connectivity index is 2.21. The van der Waals surface area contributed by atoms with Crippen LogP contribution in [0.4, 0.5) is 13.2 Å². The molecule has 0 saturated carbocycles. The zero-order valence-electron chi connectivity index (χ0n) is 10.0. The molecule has 102 valence electrons. The minimum absolute atomic E-state index is 0.0451. The van der Waals surface area contributed by atoms with Gasteiger partial charge in [0.05, 0.1) is 12.6 Å². The van der Waals surface area contributed by atoms with E-state index in [1.54, 1.807) is 0 Å². The molecular weight excluding hydrogens is 235 g/mol. The van der Waals surface area contributed by atoms with Crippen LogP contribution in [0, 0.1) is 0 Å². The second-order valence-electron chi connectivity index (χ2n) is 4.52. The van der Waals surface area contributed by atoms with E-state index in [4.69, 9.17) is 0 Å². The minimum atomic E-state index is -4.20. The standard InChI is InChI=1S/C10H20F3N3O/c1-15(8-10(11,12)13)6-9(17)7-16-4-2-14-3-5-16/h9,14,17H,2-8H2,1H3. The number of hydrogen-bond donors (Lipinski definition) is 2. The smallest absolute Gasteiger partial charge is 0.390 e. The maximum absolute atomic E-state index is 12.1. The van der Waals surface area contributed by atoms with Crippen molar-refractivity contribution in [2.45, 2.75) is 12.3 Å². The maximum atomic E-state index is 12.1. The van der Waals surface area contributed by atoms with E-state index in [9.17, 15) is 18.3 Å². The highest BCUT2D eigenvalue weighted by Crippen LogP contribution is 2.15. The molecule has 1 atom stereocenters. The van der Waals surface area contributed by atoms with Crippen LogP contribution in [0.3, 0.4) is 0 Å². The lowest BCUT2D eigenvalue weighted by atomic mass is 10.2. The molecule has 1 unspecified atom stereocenters. The molecule has 0 aromatic heterocycles. The molecule has 17 heavy (non-hydrogen) atoms. The molecule has 7 heteroatoms. The van der Waals surface area contributed by atoms with E-state index in [1.807, 2.05) is 0 Å². The zero-order valence-corrected chi connectivity index (χ0v) is 10.0. The molecule has 0 aliphatic carbocycles. The number of likely N-dealkylation sites (N-methyl/N-ethyl adjacent to an activating group) is 1. The lowest BCUT2D eigenvalue weighted by molar-refractivity contribution is -0.145. The number of nitrogens with one attached hydrogen (secondary N) is 1. The van der Waals surface area contributed by atoms with Gasteiger partial charge in [0.1, 0.15) is 0 Å². The first-order valence-corrected chi connectivity index (χ1v) is 5.73. The zero-order chi connectivity index (χ0) is 12.9. The summed E-state index contributed by atoms with van der Waals surface area (Å²) in [5, 5.41) is 12.9. The first-order valence-electron chi connectivity index (χ1n) is 5.73. The quantitative estimate of drug-likeness (QED) is 0.710. The van der Waals surface area contributed by atoms with Gasteiger partial charge in [-0.1, -0.05) is 0 Å². The maximum Gasteiger partial charge on any atom is 0.401 e. The Morgan fingerprint density at radius 2 is 1.94 bits per heavy atom. The van der Waals surface area contributed by atoms with Crippen LogP contribution in [0.5, 0.6) is 0 Å². The molecule has 0 spiro atoms. The molecule has 2 N–H and O–H groups in total. The third-order valence-electron chi connectivity index (χ3n) is 2.65. The van der Waals surface area contributed by atoms with Gasteiger partial charge in [-0.25, -0.2) is 0 Å². The van der Waals surface area contributed by atoms with Gasteiger partial charge >= 0.3 is 6.18 Å². The largest absolute Gasteiger partial charge is 0.401 e. The molecule has 0 aromatic rings. The van der Waals surface area contributed by atoms with E-state index in [2.05, 4.69) is 10.2 Å². The number of alkyl halides is 3. The summed E-state index contributed by atoms with van der Waals surface area (Å²) in [5.41, 5.74) is 0. The van der Waals surface area contributed by atoms with E-state index in [0.717, 1.165) is 31.1 Å². The Hall–Kier alpha value is -0.370. The Bertz CT molecular complexity index is 219. The van der Waals surface area contributed by atoms with Crippen molar-refractivity contribution in [2.24, 2.45) is 0 Å². The summed E-state index contributed by atoms with van der Waals surface area (Å²) in [6.45, 7) is 2.90. The van der Waals surface area contributed by atoms with Gasteiger partial charge < -0.3 is 10.4 Å². The average molecular weight is 255 g/mol. The van der Waals surface area contributed by atoms with Gasteiger partial charge in [-0.2, -0.15) is 13.2 Å². The van der Waals surface area contributed by atoms with E-state index < -0.39 is 18.8 Å². The van der Waals surface area contributed by atoms with Gasteiger partial charge in [0.2, 0.25) is 0 Å². The van der Waals surface area contributed by atoms with Crippen molar-refractivity contribution >= 4 is 0 Å². The third-order valence-corrected chi connectivity index (χ3v) is 2.65. The summed E-state index contributed by atoms with van der Waals surface area (Å²) in [5.74, 6) is 0. The Labute approximate surface area is 99.4 Å². The van der Waals surface area contributed by atoms with Crippen molar-refractivity contribution in [2.75, 3.05) is 52.9 Å². The molecule has 1 aliphatic rings. The van der Waals surface area contributed by atoms with Gasteiger partial charge in [0.15, 0.2) is 0 Å². The molecule has 1 saturated heterocycles. The number of halogens is 3. The number of nitrogens with zero attached hydrogens (tertiary/aromatic N) is 2. The number of hydrogen-bond acceptors (Lipinski definition) is 4. The highest BCUT2D eigenvalue weighted by molar-refractivity contribution is 4.73. The number of β-amino-alcohol motifs (C(OH)–C–C–N with tert-alkyl or cyclic N) is 1. The van der Waals surface area contributed by atoms with Crippen LogP contribution in [-0.2, 0) is 0 Å². The van der Waals surface area contributed by atoms with Crippen LogP contribution in [0.2, 0.25) is 0 Å². The molecule has 1 aliphatic heterocycles. The van der Waals surface area contributed by atoms with E-state index in [-0.39, 0.29) is 6.54 Å². The first kappa shape index (κ1) is 14.7. The van der Waals surface area contributed by atoms with Gasteiger partial charge in [0.25, 0.3) is 0 Å². The number of rotatable bonds is 5. The van der Waals surface area contributed by atoms with Crippen molar-refractivity contribution in [1.82, 2.24) is 15.1 Å². The second kappa shape index (κ2) is 6.53. The third kappa shape index (κ3) is 6.82. The van der Waals surface area contributed by atoms with Crippen molar-refractivity contribution in [3.05, 3.63) is 0 Å². The van der Waals surface area contributed by atoms with Crippen molar-refractivity contribution in [3.8, 4) is 0 Å². The van der Waals surface area contributed by atoms with Crippen LogP contribution >= 0.6 is 0 Å². The molecule has 0 bridgehead atoms. The summed E-state index contributed by atoms with van der Waals surface area (Å²) in [7, 11) is 1.37. The molecule has 1 heterocycles. The van der Waals surface area contributed by atoms with Crippen LogP contribution in [0.15, 0.2) is 0 Å². The average Bonchev–Trinajstić information content (AvgIpc) is 2.15. The molecule has 0 radical (unpaired) electrons. The summed E-state index contributed by atoms with van der Waals surface area (Å²) in [6.07, 6.45) is -4.94. The Kier molecular flexibility index (Phi) is 5.64. The van der Waals surface area contributed by atoms with Crippen LogP contribution in [0.25, 0.3) is 0 Å². The predicted octanol–water partition coefficient (Wildman–Crippen LogP) is -0.253. The van der Waals surface area contributed by atoms with E-state index >= 15 is 0 Å². The topological polar surface area (TPSA) is 38.7 Å². The van der Waals surface area contributed by atoms with Crippen molar-refractivity contribution in [3.63, 3.8) is 0 Å². The molecule has 1 rings (SSSR count). The minimum Gasteiger partial charge on any atom is -0.390 e. The summed E-state index contributed by atoms with van der Waals surface area (Å²) < 4.78 is 36.2. The highest BCUT2D eigenvalue weighted by Gasteiger charge is 2.30. The van der Waals surface area contributed by atoms with E-state index in [0.29, 0.717) is 6.54 Å². The lowest BCUT2D eigenvalue weighted by Gasteiger charge is -2.30. The van der Waals surface area contributed by atoms with Crippen molar-refractivity contribution in [1.29, 1.82) is 0 Å². The monoisotopic (exact) mass is 255 g/mol. The fraction of sp³-hybridized carbons (Fsp3) is 1.00. The van der Waals surface area contributed by atoms with Crippen molar-refractivity contribution < 1.29 is 18.3 Å². The lowest BCUT2D eigenvalue weighted by Crippen LogP contribution is -2.48.